The lowest BCUT2D eigenvalue weighted by molar-refractivity contribution is -0.122. The van der Waals surface area contributed by atoms with Gasteiger partial charge in [-0.2, -0.15) is 11.8 Å². The summed E-state index contributed by atoms with van der Waals surface area (Å²) in [5.74, 6) is 5.68. The average Bonchev–Trinajstić information content (AvgIpc) is 2.85. The first-order valence-corrected chi connectivity index (χ1v) is 7.56. The van der Waals surface area contributed by atoms with Gasteiger partial charge in [0.15, 0.2) is 0 Å². The number of carbonyl (C=O) groups excluding carboxylic acids is 1. The van der Waals surface area contributed by atoms with Gasteiger partial charge in [0, 0.05) is 17.6 Å². The molecule has 19 heavy (non-hydrogen) atoms. The normalized spacial score (nSPS) is 24.1. The molecule has 104 valence electrons. The van der Waals surface area contributed by atoms with Crippen LogP contribution in [0, 0.1) is 0 Å². The van der Waals surface area contributed by atoms with Crippen LogP contribution in [-0.2, 0) is 9.53 Å². The molecule has 1 aliphatic rings. The number of rotatable bonds is 5. The third-order valence-corrected chi connectivity index (χ3v) is 5.02. The lowest BCUT2D eigenvalue weighted by atomic mass is 10.0. The fourth-order valence-corrected chi connectivity index (χ4v) is 3.66. The average molecular weight is 280 g/mol. The van der Waals surface area contributed by atoms with Crippen LogP contribution in [0.25, 0.3) is 0 Å². The van der Waals surface area contributed by atoms with Crippen LogP contribution in [0.5, 0.6) is 0 Å². The SMILES string of the molecule is CC1OCCC1SCC(C(=O)NN)c1ccccc1. The summed E-state index contributed by atoms with van der Waals surface area (Å²) < 4.78 is 5.54. The van der Waals surface area contributed by atoms with Gasteiger partial charge in [-0.25, -0.2) is 5.84 Å². The molecule has 1 heterocycles. The number of hydrogen-bond acceptors (Lipinski definition) is 4. The van der Waals surface area contributed by atoms with Gasteiger partial charge >= 0.3 is 0 Å². The maximum atomic E-state index is 11.9. The second-order valence-corrected chi connectivity index (χ2v) is 5.98. The highest BCUT2D eigenvalue weighted by Gasteiger charge is 2.27. The van der Waals surface area contributed by atoms with Gasteiger partial charge in [0.1, 0.15) is 0 Å². The molecule has 0 spiro atoms. The van der Waals surface area contributed by atoms with Crippen molar-refractivity contribution >= 4 is 17.7 Å². The van der Waals surface area contributed by atoms with Gasteiger partial charge in [0.05, 0.1) is 12.0 Å². The molecule has 1 fully saturated rings. The smallest absolute Gasteiger partial charge is 0.242 e. The molecule has 0 bridgehead atoms. The van der Waals surface area contributed by atoms with E-state index in [1.807, 2.05) is 30.3 Å². The Bertz CT molecular complexity index is 413. The van der Waals surface area contributed by atoms with E-state index in [1.54, 1.807) is 11.8 Å². The fraction of sp³-hybridized carbons (Fsp3) is 0.500. The maximum absolute atomic E-state index is 11.9. The van der Waals surface area contributed by atoms with Crippen LogP contribution in [0.3, 0.4) is 0 Å². The van der Waals surface area contributed by atoms with Crippen molar-refractivity contribution in [3.63, 3.8) is 0 Å². The van der Waals surface area contributed by atoms with Crippen molar-refractivity contribution in [2.75, 3.05) is 12.4 Å². The molecular formula is C14H20N2O2S. The molecule has 0 radical (unpaired) electrons. The van der Waals surface area contributed by atoms with Gasteiger partial charge in [-0.1, -0.05) is 30.3 Å². The van der Waals surface area contributed by atoms with Crippen molar-refractivity contribution in [2.24, 2.45) is 5.84 Å². The van der Waals surface area contributed by atoms with Gasteiger partial charge in [-0.05, 0) is 18.9 Å². The van der Waals surface area contributed by atoms with E-state index in [0.717, 1.165) is 24.3 Å². The minimum atomic E-state index is -0.205. The van der Waals surface area contributed by atoms with Crippen molar-refractivity contribution < 1.29 is 9.53 Å². The zero-order chi connectivity index (χ0) is 13.7. The molecule has 1 aliphatic heterocycles. The number of amides is 1. The van der Waals surface area contributed by atoms with Crippen molar-refractivity contribution in [3.8, 4) is 0 Å². The number of thioether (sulfide) groups is 1. The highest BCUT2D eigenvalue weighted by atomic mass is 32.2. The van der Waals surface area contributed by atoms with Crippen LogP contribution in [0.2, 0.25) is 0 Å². The van der Waals surface area contributed by atoms with E-state index in [-0.39, 0.29) is 17.9 Å². The first-order chi connectivity index (χ1) is 9.22. The molecule has 4 nitrogen and oxygen atoms in total. The van der Waals surface area contributed by atoms with E-state index < -0.39 is 0 Å². The number of hydrazine groups is 1. The molecule has 3 N–H and O–H groups in total. The minimum absolute atomic E-state index is 0.134. The van der Waals surface area contributed by atoms with Crippen LogP contribution >= 0.6 is 11.8 Å². The molecule has 1 aromatic carbocycles. The third-order valence-electron chi connectivity index (χ3n) is 3.44. The maximum Gasteiger partial charge on any atom is 0.242 e. The standard InChI is InChI=1S/C14H20N2O2S/c1-10-13(7-8-18-10)19-9-12(14(17)16-15)11-5-3-2-4-6-11/h2-6,10,12-13H,7-9,15H2,1H3,(H,16,17). The van der Waals surface area contributed by atoms with Crippen LogP contribution < -0.4 is 11.3 Å². The molecule has 1 aromatic rings. The Kier molecular flexibility index (Phi) is 5.24. The molecule has 0 saturated carbocycles. The fourth-order valence-electron chi connectivity index (χ4n) is 2.26. The molecular weight excluding hydrogens is 260 g/mol. The lowest BCUT2D eigenvalue weighted by Crippen LogP contribution is -2.36. The van der Waals surface area contributed by atoms with Crippen LogP contribution in [0.15, 0.2) is 30.3 Å². The molecule has 2 rings (SSSR count). The number of carbonyl (C=O) groups is 1. The van der Waals surface area contributed by atoms with Crippen molar-refractivity contribution in [1.82, 2.24) is 5.43 Å². The van der Waals surface area contributed by atoms with Crippen molar-refractivity contribution in [3.05, 3.63) is 35.9 Å². The Balaban J connectivity index is 2.00. The summed E-state index contributed by atoms with van der Waals surface area (Å²) in [6, 6.07) is 9.77. The van der Waals surface area contributed by atoms with Crippen LogP contribution in [0.4, 0.5) is 0 Å². The largest absolute Gasteiger partial charge is 0.377 e. The van der Waals surface area contributed by atoms with Crippen LogP contribution in [-0.4, -0.2) is 29.6 Å². The summed E-state index contributed by atoms with van der Waals surface area (Å²) in [5.41, 5.74) is 3.27. The predicted molar refractivity (Wildman–Crippen MR) is 77.8 cm³/mol. The van der Waals surface area contributed by atoms with E-state index >= 15 is 0 Å². The van der Waals surface area contributed by atoms with Gasteiger partial charge in [0.2, 0.25) is 5.91 Å². The molecule has 1 amide bonds. The highest BCUT2D eigenvalue weighted by molar-refractivity contribution is 8.00. The molecule has 3 unspecified atom stereocenters. The predicted octanol–water partition coefficient (Wildman–Crippen LogP) is 1.67. The zero-order valence-corrected chi connectivity index (χ0v) is 11.9. The summed E-state index contributed by atoms with van der Waals surface area (Å²) in [6.45, 7) is 2.91. The second-order valence-electron chi connectivity index (χ2n) is 4.71. The molecule has 3 atom stereocenters. The number of benzene rings is 1. The third kappa shape index (κ3) is 3.72. The lowest BCUT2D eigenvalue weighted by Gasteiger charge is -2.19. The van der Waals surface area contributed by atoms with Gasteiger partial charge < -0.3 is 4.74 Å². The number of nitrogens with two attached hydrogens (primary N) is 1. The summed E-state index contributed by atoms with van der Waals surface area (Å²) in [4.78, 5) is 11.9. The zero-order valence-electron chi connectivity index (χ0n) is 11.0. The Morgan fingerprint density at radius 1 is 1.53 bits per heavy atom. The van der Waals surface area contributed by atoms with E-state index in [4.69, 9.17) is 10.6 Å². The van der Waals surface area contributed by atoms with Gasteiger partial charge in [-0.15, -0.1) is 0 Å². The van der Waals surface area contributed by atoms with Gasteiger partial charge in [-0.3, -0.25) is 10.2 Å². The Labute approximate surface area is 118 Å². The molecule has 0 aromatic heterocycles. The highest BCUT2D eigenvalue weighted by Crippen LogP contribution is 2.30. The summed E-state index contributed by atoms with van der Waals surface area (Å²) in [5, 5.41) is 0.469. The second kappa shape index (κ2) is 6.93. The Morgan fingerprint density at radius 2 is 2.26 bits per heavy atom. The van der Waals surface area contributed by atoms with E-state index in [0.29, 0.717) is 5.25 Å². The molecule has 5 heteroatoms. The Morgan fingerprint density at radius 3 is 2.84 bits per heavy atom. The minimum Gasteiger partial charge on any atom is -0.377 e. The number of ether oxygens (including phenoxy) is 1. The van der Waals surface area contributed by atoms with Crippen molar-refractivity contribution in [2.45, 2.75) is 30.6 Å². The summed E-state index contributed by atoms with van der Waals surface area (Å²) >= 11 is 1.80. The quantitative estimate of drug-likeness (QED) is 0.489. The topological polar surface area (TPSA) is 64.3 Å². The van der Waals surface area contributed by atoms with Crippen molar-refractivity contribution in [1.29, 1.82) is 0 Å². The van der Waals surface area contributed by atoms with Crippen LogP contribution in [0.1, 0.15) is 24.8 Å². The first-order valence-electron chi connectivity index (χ1n) is 6.51. The van der Waals surface area contributed by atoms with E-state index in [9.17, 15) is 4.79 Å². The number of nitrogens with one attached hydrogen (secondary N) is 1. The van der Waals surface area contributed by atoms with E-state index in [1.165, 1.54) is 0 Å². The summed E-state index contributed by atoms with van der Waals surface area (Å²) in [6.07, 6.45) is 1.32. The summed E-state index contributed by atoms with van der Waals surface area (Å²) in [7, 11) is 0. The monoisotopic (exact) mass is 280 g/mol. The van der Waals surface area contributed by atoms with Gasteiger partial charge in [0.25, 0.3) is 0 Å². The molecule has 1 saturated heterocycles. The first kappa shape index (κ1) is 14.4. The number of hydrogen-bond donors (Lipinski definition) is 2. The Hall–Kier alpha value is -1.04. The molecule has 0 aliphatic carbocycles. The van der Waals surface area contributed by atoms with E-state index in [2.05, 4.69) is 12.3 Å².